The third-order valence-electron chi connectivity index (χ3n) is 6.50. The van der Waals surface area contributed by atoms with E-state index in [4.69, 9.17) is 4.52 Å². The Morgan fingerprint density at radius 3 is 2.60 bits per heavy atom. The lowest BCUT2D eigenvalue weighted by Crippen LogP contribution is -2.23. The number of aliphatic carboxylic acids is 1. The maximum absolute atomic E-state index is 13.9. The highest BCUT2D eigenvalue weighted by Crippen LogP contribution is 2.42. The zero-order chi connectivity index (χ0) is 24.6. The summed E-state index contributed by atoms with van der Waals surface area (Å²) in [4.78, 5) is 15.1. The molecule has 1 aliphatic carbocycles. The number of halogens is 3. The Labute approximate surface area is 198 Å². The van der Waals surface area contributed by atoms with Crippen molar-refractivity contribution in [3.63, 3.8) is 0 Å². The van der Waals surface area contributed by atoms with Gasteiger partial charge in [-0.1, -0.05) is 30.5 Å². The fraction of sp³-hybridized carbons (Fsp3) is 0.360. The Morgan fingerprint density at radius 1 is 1.09 bits per heavy atom. The fourth-order valence-electron chi connectivity index (χ4n) is 4.76. The van der Waals surface area contributed by atoms with E-state index < -0.39 is 17.7 Å². The van der Waals surface area contributed by atoms with E-state index in [-0.39, 0.29) is 36.2 Å². The highest BCUT2D eigenvalue weighted by Gasteiger charge is 2.36. The molecule has 0 radical (unpaired) electrons. The van der Waals surface area contributed by atoms with Crippen LogP contribution in [0, 0.1) is 0 Å². The summed E-state index contributed by atoms with van der Waals surface area (Å²) in [6, 6.07) is 9.50. The maximum Gasteiger partial charge on any atom is 0.416 e. The first-order chi connectivity index (χ1) is 16.8. The van der Waals surface area contributed by atoms with Crippen LogP contribution in [0.5, 0.6) is 0 Å². The quantitative estimate of drug-likeness (QED) is 0.385. The van der Waals surface area contributed by atoms with Gasteiger partial charge in [0.1, 0.15) is 0 Å². The third-order valence-corrected chi connectivity index (χ3v) is 6.50. The van der Waals surface area contributed by atoms with E-state index in [1.165, 1.54) is 0 Å². The highest BCUT2D eigenvalue weighted by molar-refractivity contribution is 5.83. The molecule has 2 aromatic carbocycles. The molecule has 0 unspecified atom stereocenters. The van der Waals surface area contributed by atoms with Gasteiger partial charge >= 0.3 is 6.18 Å². The van der Waals surface area contributed by atoms with Crippen molar-refractivity contribution in [1.29, 1.82) is 0 Å². The van der Waals surface area contributed by atoms with E-state index in [9.17, 15) is 23.1 Å². The van der Waals surface area contributed by atoms with Gasteiger partial charge in [-0.25, -0.2) is 0 Å². The summed E-state index contributed by atoms with van der Waals surface area (Å²) < 4.78 is 48.6. The second-order valence-electron chi connectivity index (χ2n) is 8.82. The van der Waals surface area contributed by atoms with Crippen molar-refractivity contribution in [3.05, 3.63) is 53.7 Å². The van der Waals surface area contributed by atoms with Crippen molar-refractivity contribution < 1.29 is 27.6 Å². The zero-order valence-electron chi connectivity index (χ0n) is 18.7. The average Bonchev–Trinajstić information content (AvgIpc) is 3.49. The van der Waals surface area contributed by atoms with Gasteiger partial charge in [0.2, 0.25) is 5.82 Å². The van der Waals surface area contributed by atoms with Crippen LogP contribution in [0.1, 0.15) is 55.6 Å². The lowest BCUT2D eigenvalue weighted by Gasteiger charge is -2.25. The number of aromatic nitrogens is 4. The Balaban J connectivity index is 1.44. The van der Waals surface area contributed by atoms with Crippen molar-refractivity contribution in [3.8, 4) is 22.8 Å². The molecule has 1 aliphatic rings. The van der Waals surface area contributed by atoms with E-state index in [0.29, 0.717) is 11.1 Å². The summed E-state index contributed by atoms with van der Waals surface area (Å²) in [5.74, 6) is -1.02. The minimum Gasteiger partial charge on any atom is -0.550 e. The summed E-state index contributed by atoms with van der Waals surface area (Å²) in [5.41, 5.74) is 1.23. The van der Waals surface area contributed by atoms with Gasteiger partial charge < -0.3 is 14.4 Å². The molecule has 0 atom stereocenters. The minimum atomic E-state index is -4.48. The molecule has 4 aromatic rings. The van der Waals surface area contributed by atoms with Crippen LogP contribution in [-0.2, 0) is 17.5 Å². The molecule has 35 heavy (non-hydrogen) atoms. The number of alkyl halides is 3. The first-order valence-electron chi connectivity index (χ1n) is 11.5. The van der Waals surface area contributed by atoms with Gasteiger partial charge in [0, 0.05) is 35.4 Å². The van der Waals surface area contributed by atoms with E-state index in [2.05, 4.69) is 15.2 Å². The molecule has 182 valence electrons. The average molecular weight is 483 g/mol. The topological polar surface area (TPSA) is 96.9 Å². The molecule has 0 spiro atoms. The Bertz CT molecular complexity index is 1370. The van der Waals surface area contributed by atoms with Crippen molar-refractivity contribution >= 4 is 16.9 Å². The number of carbonyl (C=O) groups is 1. The molecule has 5 rings (SSSR count). The highest BCUT2D eigenvalue weighted by atomic mass is 19.4. The number of hydrogen-bond donors (Lipinski definition) is 0. The molecule has 10 heteroatoms. The second-order valence-corrected chi connectivity index (χ2v) is 8.82. The molecular formula is C25H22F3N4O3-. The lowest BCUT2D eigenvalue weighted by atomic mass is 9.81. The van der Waals surface area contributed by atoms with Crippen LogP contribution >= 0.6 is 0 Å². The van der Waals surface area contributed by atoms with E-state index >= 15 is 0 Å². The van der Waals surface area contributed by atoms with Gasteiger partial charge in [0.15, 0.2) is 0 Å². The number of fused-ring (bicyclic) bond motifs is 1. The number of nitrogens with zero attached hydrogens (tertiary/aromatic N) is 4. The number of aryl methyl sites for hydroxylation is 1. The van der Waals surface area contributed by atoms with Crippen LogP contribution in [0.3, 0.4) is 0 Å². The molecule has 7 nitrogen and oxygen atoms in total. The number of benzene rings is 2. The summed E-state index contributed by atoms with van der Waals surface area (Å²) in [6.07, 6.45) is 1.42. The fourth-order valence-corrected chi connectivity index (χ4v) is 4.76. The summed E-state index contributed by atoms with van der Waals surface area (Å²) >= 11 is 0. The summed E-state index contributed by atoms with van der Waals surface area (Å²) in [6.45, 7) is 0.177. The summed E-state index contributed by atoms with van der Waals surface area (Å²) in [5, 5.41) is 19.6. The van der Waals surface area contributed by atoms with Crippen molar-refractivity contribution in [2.45, 2.75) is 57.2 Å². The van der Waals surface area contributed by atoms with Crippen LogP contribution in [0.25, 0.3) is 33.7 Å². The standard InChI is InChI=1S/C25H23F3N4O3/c26-25(27,28)20-13-17(6-8-19(20)15-4-2-1-3-5-15)24-30-23(31-35-24)16-7-9-21-18(12-16)14-29-32(21)11-10-22(33)34/h6-9,12-15H,1-5,10-11H2,(H,33,34)/p-1. The van der Waals surface area contributed by atoms with E-state index in [1.807, 2.05) is 0 Å². The second kappa shape index (κ2) is 9.16. The van der Waals surface area contributed by atoms with Crippen LogP contribution < -0.4 is 5.11 Å². The molecule has 0 aliphatic heterocycles. The van der Waals surface area contributed by atoms with Crippen LogP contribution in [0.15, 0.2) is 47.1 Å². The minimum absolute atomic E-state index is 0.00504. The lowest BCUT2D eigenvalue weighted by molar-refractivity contribution is -0.306. The van der Waals surface area contributed by atoms with E-state index in [1.54, 1.807) is 41.2 Å². The zero-order valence-corrected chi connectivity index (χ0v) is 18.7. The van der Waals surface area contributed by atoms with Gasteiger partial charge in [-0.05, 0) is 54.7 Å². The molecule has 0 amide bonds. The SMILES string of the molecule is O=C([O-])CCn1ncc2cc(-c3noc(-c4ccc(C5CCCCC5)c(C(F)(F)F)c4)n3)ccc21. The third kappa shape index (κ3) is 4.78. The first-order valence-corrected chi connectivity index (χ1v) is 11.5. The van der Waals surface area contributed by atoms with Crippen LogP contribution in [0.2, 0.25) is 0 Å². The van der Waals surface area contributed by atoms with Crippen molar-refractivity contribution in [2.24, 2.45) is 0 Å². The number of carboxylic acids is 1. The van der Waals surface area contributed by atoms with Gasteiger partial charge in [-0.15, -0.1) is 0 Å². The van der Waals surface area contributed by atoms with Crippen molar-refractivity contribution in [1.82, 2.24) is 19.9 Å². The van der Waals surface area contributed by atoms with Crippen LogP contribution in [0.4, 0.5) is 13.2 Å². The predicted molar refractivity (Wildman–Crippen MR) is 119 cm³/mol. The Hall–Kier alpha value is -3.69. The molecule has 1 saturated carbocycles. The molecule has 1 fully saturated rings. The number of hydrogen-bond acceptors (Lipinski definition) is 6. The van der Waals surface area contributed by atoms with Gasteiger partial charge in [0.25, 0.3) is 5.89 Å². The van der Waals surface area contributed by atoms with Gasteiger partial charge in [-0.3, -0.25) is 4.68 Å². The number of carboxylic acid groups (broad SMARTS) is 1. The monoisotopic (exact) mass is 483 g/mol. The molecule has 0 saturated heterocycles. The molecule has 2 heterocycles. The molecular weight excluding hydrogens is 461 g/mol. The van der Waals surface area contributed by atoms with E-state index in [0.717, 1.165) is 49.1 Å². The molecule has 0 N–H and O–H groups in total. The van der Waals surface area contributed by atoms with Gasteiger partial charge in [-0.2, -0.15) is 23.3 Å². The molecule has 2 aromatic heterocycles. The first kappa shape index (κ1) is 23.1. The Morgan fingerprint density at radius 2 is 1.86 bits per heavy atom. The van der Waals surface area contributed by atoms with Gasteiger partial charge in [0.05, 0.1) is 17.3 Å². The number of rotatable bonds is 6. The predicted octanol–water partition coefficient (Wildman–Crippen LogP) is 4.96. The summed E-state index contributed by atoms with van der Waals surface area (Å²) in [7, 11) is 0. The smallest absolute Gasteiger partial charge is 0.416 e. The molecule has 0 bridgehead atoms. The Kier molecular flexibility index (Phi) is 6.04. The largest absolute Gasteiger partial charge is 0.550 e. The normalized spacial score (nSPS) is 15.1. The van der Waals surface area contributed by atoms with Crippen molar-refractivity contribution in [2.75, 3.05) is 0 Å². The maximum atomic E-state index is 13.9. The van der Waals surface area contributed by atoms with Crippen LogP contribution in [-0.4, -0.2) is 25.9 Å². The number of carbonyl (C=O) groups excluding carboxylic acids is 1.